The third-order valence-electron chi connectivity index (χ3n) is 7.49. The predicted molar refractivity (Wildman–Crippen MR) is 125 cm³/mol. The van der Waals surface area contributed by atoms with Crippen LogP contribution in [0.1, 0.15) is 56.3 Å². The summed E-state index contributed by atoms with van der Waals surface area (Å²) in [6.07, 6.45) is 3.83. The number of ether oxygens (including phenoxy) is 1. The Morgan fingerprint density at radius 2 is 2.06 bits per heavy atom. The first-order valence-corrected chi connectivity index (χ1v) is 13.3. The van der Waals surface area contributed by atoms with Gasteiger partial charge in [0.25, 0.3) is 0 Å². The summed E-state index contributed by atoms with van der Waals surface area (Å²) in [5, 5.41) is 10.3. The zero-order valence-electron chi connectivity index (χ0n) is 18.9. The quantitative estimate of drug-likeness (QED) is 0.714. The molecule has 3 heterocycles. The van der Waals surface area contributed by atoms with Crippen LogP contribution in [0.5, 0.6) is 5.75 Å². The van der Waals surface area contributed by atoms with Gasteiger partial charge < -0.3 is 9.84 Å². The van der Waals surface area contributed by atoms with Crippen LogP contribution in [-0.4, -0.2) is 48.9 Å². The molecule has 2 aromatic rings. The maximum atomic E-state index is 13.9. The highest BCUT2D eigenvalue weighted by molar-refractivity contribution is 7.93. The van der Waals surface area contributed by atoms with Crippen LogP contribution in [0.2, 0.25) is 0 Å². The number of aromatic hydroxyl groups is 1. The molecule has 1 N–H and O–H groups in total. The molecular weight excluding hydrogens is 443 g/mol. The predicted octanol–water partition coefficient (Wildman–Crippen LogP) is 4.35. The molecule has 0 saturated carbocycles. The third kappa shape index (κ3) is 4.24. The van der Waals surface area contributed by atoms with E-state index in [-0.39, 0.29) is 23.6 Å². The number of benzene rings is 2. The number of nitrogens with zero attached hydrogens (tertiary/aromatic N) is 2. The summed E-state index contributed by atoms with van der Waals surface area (Å²) in [5.41, 5.74) is 1.88. The first-order chi connectivity index (χ1) is 15.8. The summed E-state index contributed by atoms with van der Waals surface area (Å²) in [6.45, 7) is 4.34. The molecular formula is C25H31FN2O4S. The monoisotopic (exact) mass is 474 g/mol. The Morgan fingerprint density at radius 3 is 2.79 bits per heavy atom. The van der Waals surface area contributed by atoms with E-state index in [1.54, 1.807) is 18.2 Å². The molecule has 6 nitrogen and oxygen atoms in total. The Kier molecular flexibility index (Phi) is 5.87. The summed E-state index contributed by atoms with van der Waals surface area (Å²) in [7, 11) is -3.48. The molecule has 0 radical (unpaired) electrons. The van der Waals surface area contributed by atoms with Gasteiger partial charge in [-0.05, 0) is 74.9 Å². The Bertz CT molecular complexity index is 1130. The average Bonchev–Trinajstić information content (AvgIpc) is 3.38. The van der Waals surface area contributed by atoms with Crippen LogP contribution >= 0.6 is 0 Å². The third-order valence-corrected chi connectivity index (χ3v) is 9.37. The highest BCUT2D eigenvalue weighted by atomic mass is 32.2. The standard InChI is InChI=1S/C25H31FN2O4S/c1-18-16-25(10-13-33(30,31)28(25)21-5-2-4-20(26)15-21)9-11-27(18)17-19-7-8-23(29)22(14-19)24-6-3-12-32-24/h2,4-5,7-8,14-15,18,24,29H,3,6,9-13,16-17H2,1H3/t18-,24?,25-/m0/s1. The van der Waals surface area contributed by atoms with Crippen molar-refractivity contribution in [3.63, 3.8) is 0 Å². The highest BCUT2D eigenvalue weighted by Gasteiger charge is 2.52. The smallest absolute Gasteiger partial charge is 0.235 e. The second-order valence-corrected chi connectivity index (χ2v) is 11.6. The molecule has 3 aliphatic heterocycles. The summed E-state index contributed by atoms with van der Waals surface area (Å²) in [4.78, 5) is 2.37. The minimum atomic E-state index is -3.48. The number of sulfonamides is 1. The van der Waals surface area contributed by atoms with Crippen molar-refractivity contribution < 1.29 is 22.7 Å². The second-order valence-electron chi connectivity index (χ2n) is 9.70. The van der Waals surface area contributed by atoms with Gasteiger partial charge in [-0.2, -0.15) is 0 Å². The highest BCUT2D eigenvalue weighted by Crippen LogP contribution is 2.45. The molecule has 5 rings (SSSR count). The fourth-order valence-corrected chi connectivity index (χ4v) is 7.96. The Labute approximate surface area is 195 Å². The van der Waals surface area contributed by atoms with E-state index >= 15 is 0 Å². The first-order valence-electron chi connectivity index (χ1n) is 11.7. The number of hydrogen-bond acceptors (Lipinski definition) is 5. The minimum Gasteiger partial charge on any atom is -0.508 e. The van der Waals surface area contributed by atoms with Gasteiger partial charge in [-0.15, -0.1) is 0 Å². The van der Waals surface area contributed by atoms with Crippen molar-refractivity contribution in [1.82, 2.24) is 4.90 Å². The number of rotatable bonds is 4. The van der Waals surface area contributed by atoms with Gasteiger partial charge >= 0.3 is 0 Å². The average molecular weight is 475 g/mol. The van der Waals surface area contributed by atoms with Crippen molar-refractivity contribution in [2.45, 2.75) is 63.3 Å². The van der Waals surface area contributed by atoms with Crippen LogP contribution < -0.4 is 4.31 Å². The molecule has 3 atom stereocenters. The first kappa shape index (κ1) is 22.6. The molecule has 2 aromatic carbocycles. The molecule has 0 aromatic heterocycles. The summed E-state index contributed by atoms with van der Waals surface area (Å²) >= 11 is 0. The molecule has 3 saturated heterocycles. The Balaban J connectivity index is 1.35. The van der Waals surface area contributed by atoms with E-state index in [0.29, 0.717) is 24.9 Å². The van der Waals surface area contributed by atoms with Gasteiger partial charge in [-0.1, -0.05) is 12.1 Å². The normalized spacial score (nSPS) is 29.7. The molecule has 0 aliphatic carbocycles. The van der Waals surface area contributed by atoms with Gasteiger partial charge in [-0.3, -0.25) is 9.21 Å². The molecule has 3 fully saturated rings. The van der Waals surface area contributed by atoms with Crippen LogP contribution in [-0.2, 0) is 21.3 Å². The van der Waals surface area contributed by atoms with Crippen LogP contribution in [0.25, 0.3) is 0 Å². The molecule has 33 heavy (non-hydrogen) atoms. The molecule has 0 amide bonds. The van der Waals surface area contributed by atoms with E-state index in [2.05, 4.69) is 11.8 Å². The van der Waals surface area contributed by atoms with Crippen LogP contribution in [0, 0.1) is 5.82 Å². The van der Waals surface area contributed by atoms with Gasteiger partial charge in [-0.25, -0.2) is 12.8 Å². The van der Waals surface area contributed by atoms with Gasteiger partial charge in [0.1, 0.15) is 11.6 Å². The van der Waals surface area contributed by atoms with E-state index < -0.39 is 21.4 Å². The zero-order valence-corrected chi connectivity index (χ0v) is 19.7. The van der Waals surface area contributed by atoms with Gasteiger partial charge in [0.15, 0.2) is 0 Å². The van der Waals surface area contributed by atoms with Crippen molar-refractivity contribution in [2.75, 3.05) is 23.2 Å². The Hall–Kier alpha value is -2.16. The lowest BCUT2D eigenvalue weighted by atomic mass is 9.81. The van der Waals surface area contributed by atoms with E-state index in [1.165, 1.54) is 16.4 Å². The van der Waals surface area contributed by atoms with Crippen molar-refractivity contribution in [3.8, 4) is 5.75 Å². The lowest BCUT2D eigenvalue weighted by Crippen LogP contribution is -2.56. The molecule has 8 heteroatoms. The molecule has 0 bridgehead atoms. The number of likely N-dealkylation sites (tertiary alicyclic amines) is 1. The van der Waals surface area contributed by atoms with E-state index in [4.69, 9.17) is 4.74 Å². The molecule has 178 valence electrons. The van der Waals surface area contributed by atoms with E-state index in [9.17, 15) is 17.9 Å². The number of piperidine rings is 1. The van der Waals surface area contributed by atoms with Crippen LogP contribution in [0.15, 0.2) is 42.5 Å². The van der Waals surface area contributed by atoms with E-state index in [1.807, 2.05) is 12.1 Å². The fraction of sp³-hybridized carbons (Fsp3) is 0.520. The maximum absolute atomic E-state index is 13.9. The Morgan fingerprint density at radius 1 is 1.21 bits per heavy atom. The van der Waals surface area contributed by atoms with Crippen LogP contribution in [0.4, 0.5) is 10.1 Å². The van der Waals surface area contributed by atoms with Crippen molar-refractivity contribution in [2.24, 2.45) is 0 Å². The SMILES string of the molecule is C[C@H]1C[C@]2(CCN1Cc1ccc(O)c(C3CCCO3)c1)CCS(=O)(=O)N2c1cccc(F)c1. The largest absolute Gasteiger partial charge is 0.508 e. The summed E-state index contributed by atoms with van der Waals surface area (Å²) < 4.78 is 47.2. The minimum absolute atomic E-state index is 0.0458. The molecule has 3 aliphatic rings. The molecule has 1 spiro atoms. The van der Waals surface area contributed by atoms with Gasteiger partial charge in [0, 0.05) is 31.3 Å². The van der Waals surface area contributed by atoms with E-state index in [0.717, 1.165) is 43.7 Å². The summed E-state index contributed by atoms with van der Waals surface area (Å²) in [5.74, 6) is -0.0540. The van der Waals surface area contributed by atoms with Gasteiger partial charge in [0.05, 0.1) is 23.1 Å². The van der Waals surface area contributed by atoms with Gasteiger partial charge in [0.2, 0.25) is 10.0 Å². The topological polar surface area (TPSA) is 70.1 Å². The molecule has 1 unspecified atom stereocenters. The van der Waals surface area contributed by atoms with Crippen molar-refractivity contribution in [3.05, 3.63) is 59.4 Å². The fourth-order valence-electron chi connectivity index (χ4n) is 5.86. The van der Waals surface area contributed by atoms with Crippen LogP contribution in [0.3, 0.4) is 0 Å². The number of phenolic OH excluding ortho intramolecular Hbond substituents is 1. The maximum Gasteiger partial charge on any atom is 0.235 e. The number of phenols is 1. The second kappa shape index (κ2) is 8.56. The number of halogens is 1. The van der Waals surface area contributed by atoms with Crippen molar-refractivity contribution in [1.29, 1.82) is 0 Å². The number of anilines is 1. The summed E-state index contributed by atoms with van der Waals surface area (Å²) in [6, 6.07) is 11.8. The lowest BCUT2D eigenvalue weighted by molar-refractivity contribution is 0.101. The van der Waals surface area contributed by atoms with Crippen molar-refractivity contribution >= 4 is 15.7 Å². The lowest BCUT2D eigenvalue weighted by Gasteiger charge is -2.47. The number of hydrogen-bond donors (Lipinski definition) is 1. The zero-order chi connectivity index (χ0) is 23.2.